The summed E-state index contributed by atoms with van der Waals surface area (Å²) in [6, 6.07) is 4.86. The Hall–Kier alpha value is -0.480. The SMILES string of the molecule is O=C(c1cc(Cl)ccc1Cl)N1CCOC(CCl)C1. The smallest absolute Gasteiger partial charge is 0.255 e. The van der Waals surface area contributed by atoms with Gasteiger partial charge in [-0.05, 0) is 18.2 Å². The van der Waals surface area contributed by atoms with E-state index in [-0.39, 0.29) is 12.0 Å². The number of hydrogen-bond donors (Lipinski definition) is 0. The molecule has 1 heterocycles. The van der Waals surface area contributed by atoms with Gasteiger partial charge in [0.1, 0.15) is 0 Å². The summed E-state index contributed by atoms with van der Waals surface area (Å²) >= 11 is 17.6. The van der Waals surface area contributed by atoms with Crippen molar-refractivity contribution in [1.82, 2.24) is 4.90 Å². The minimum absolute atomic E-state index is 0.123. The molecule has 1 fully saturated rings. The Labute approximate surface area is 121 Å². The van der Waals surface area contributed by atoms with Crippen LogP contribution in [0.1, 0.15) is 10.4 Å². The standard InChI is InChI=1S/C12H12Cl3NO2/c13-6-9-7-16(3-4-18-9)12(17)10-5-8(14)1-2-11(10)15/h1-2,5,9H,3-4,6-7H2. The van der Waals surface area contributed by atoms with Crippen molar-refractivity contribution in [2.75, 3.05) is 25.6 Å². The van der Waals surface area contributed by atoms with E-state index in [1.807, 2.05) is 0 Å². The highest BCUT2D eigenvalue weighted by Gasteiger charge is 2.25. The summed E-state index contributed by atoms with van der Waals surface area (Å²) in [5.74, 6) is 0.230. The van der Waals surface area contributed by atoms with E-state index < -0.39 is 0 Å². The van der Waals surface area contributed by atoms with Crippen LogP contribution in [0, 0.1) is 0 Å². The zero-order chi connectivity index (χ0) is 13.1. The van der Waals surface area contributed by atoms with Gasteiger partial charge in [-0.1, -0.05) is 23.2 Å². The fraction of sp³-hybridized carbons (Fsp3) is 0.417. The van der Waals surface area contributed by atoms with Crippen LogP contribution in [-0.4, -0.2) is 42.5 Å². The van der Waals surface area contributed by atoms with Gasteiger partial charge in [-0.15, -0.1) is 11.6 Å². The quantitative estimate of drug-likeness (QED) is 0.786. The number of benzene rings is 1. The zero-order valence-corrected chi connectivity index (χ0v) is 11.8. The van der Waals surface area contributed by atoms with Gasteiger partial charge in [-0.2, -0.15) is 0 Å². The van der Waals surface area contributed by atoms with Gasteiger partial charge in [-0.25, -0.2) is 0 Å². The molecule has 1 saturated heterocycles. The second-order valence-corrected chi connectivity index (χ2v) is 5.17. The van der Waals surface area contributed by atoms with Gasteiger partial charge in [0.25, 0.3) is 5.91 Å². The average molecular weight is 309 g/mol. The molecule has 0 bridgehead atoms. The van der Waals surface area contributed by atoms with E-state index in [2.05, 4.69) is 0 Å². The molecule has 1 aliphatic heterocycles. The maximum Gasteiger partial charge on any atom is 0.255 e. The van der Waals surface area contributed by atoms with Gasteiger partial charge in [0.15, 0.2) is 0 Å². The summed E-state index contributed by atoms with van der Waals surface area (Å²) < 4.78 is 5.41. The minimum atomic E-state index is -0.138. The number of nitrogens with zero attached hydrogens (tertiary/aromatic N) is 1. The average Bonchev–Trinajstić information content (AvgIpc) is 2.41. The maximum atomic E-state index is 12.3. The second-order valence-electron chi connectivity index (χ2n) is 4.02. The Balaban J connectivity index is 2.17. The van der Waals surface area contributed by atoms with E-state index in [4.69, 9.17) is 39.5 Å². The van der Waals surface area contributed by atoms with Crippen molar-refractivity contribution < 1.29 is 9.53 Å². The summed E-state index contributed by atoms with van der Waals surface area (Å²) in [5.41, 5.74) is 0.416. The number of alkyl halides is 1. The number of amides is 1. The molecule has 18 heavy (non-hydrogen) atoms. The monoisotopic (exact) mass is 307 g/mol. The molecule has 6 heteroatoms. The largest absolute Gasteiger partial charge is 0.373 e. The Bertz CT molecular complexity index is 453. The topological polar surface area (TPSA) is 29.5 Å². The number of carbonyl (C=O) groups is 1. The summed E-state index contributed by atoms with van der Waals surface area (Å²) in [5, 5.41) is 0.892. The molecular weight excluding hydrogens is 296 g/mol. The van der Waals surface area contributed by atoms with E-state index in [9.17, 15) is 4.79 Å². The highest BCUT2D eigenvalue weighted by molar-refractivity contribution is 6.35. The van der Waals surface area contributed by atoms with Gasteiger partial charge in [0, 0.05) is 18.1 Å². The van der Waals surface area contributed by atoms with Crippen molar-refractivity contribution in [2.24, 2.45) is 0 Å². The molecule has 0 aromatic heterocycles. The van der Waals surface area contributed by atoms with Crippen LogP contribution < -0.4 is 0 Å². The third-order valence-electron chi connectivity index (χ3n) is 2.76. The molecule has 0 radical (unpaired) electrons. The second kappa shape index (κ2) is 6.11. The number of rotatable bonds is 2. The number of carbonyl (C=O) groups excluding carboxylic acids is 1. The van der Waals surface area contributed by atoms with Crippen LogP contribution >= 0.6 is 34.8 Å². The molecule has 0 N–H and O–H groups in total. The first-order chi connectivity index (χ1) is 8.61. The van der Waals surface area contributed by atoms with Crippen LogP contribution in [0.5, 0.6) is 0 Å². The van der Waals surface area contributed by atoms with Crippen molar-refractivity contribution in [3.8, 4) is 0 Å². The minimum Gasteiger partial charge on any atom is -0.373 e. The molecule has 2 rings (SSSR count). The molecule has 1 amide bonds. The maximum absolute atomic E-state index is 12.3. The first-order valence-corrected chi connectivity index (χ1v) is 6.82. The van der Waals surface area contributed by atoms with Gasteiger partial charge in [0.2, 0.25) is 0 Å². The van der Waals surface area contributed by atoms with Crippen molar-refractivity contribution >= 4 is 40.7 Å². The summed E-state index contributed by atoms with van der Waals surface area (Å²) in [6.45, 7) is 1.50. The Morgan fingerprint density at radius 2 is 2.22 bits per heavy atom. The van der Waals surface area contributed by atoms with Crippen molar-refractivity contribution in [3.63, 3.8) is 0 Å². The molecule has 1 aliphatic rings. The summed E-state index contributed by atoms with van der Waals surface area (Å²) in [7, 11) is 0. The lowest BCUT2D eigenvalue weighted by Crippen LogP contribution is -2.46. The number of halogens is 3. The lowest BCUT2D eigenvalue weighted by Gasteiger charge is -2.32. The normalized spacial score (nSPS) is 19.9. The summed E-state index contributed by atoms with van der Waals surface area (Å²) in [4.78, 5) is 14.0. The molecule has 1 aromatic carbocycles. The zero-order valence-electron chi connectivity index (χ0n) is 9.54. The molecule has 1 unspecified atom stereocenters. The first kappa shape index (κ1) is 13.9. The number of ether oxygens (including phenoxy) is 1. The third kappa shape index (κ3) is 3.09. The predicted molar refractivity (Wildman–Crippen MR) is 72.8 cm³/mol. The van der Waals surface area contributed by atoms with Crippen LogP contribution in [0.2, 0.25) is 10.0 Å². The molecule has 0 aliphatic carbocycles. The van der Waals surface area contributed by atoms with E-state index in [0.29, 0.717) is 41.2 Å². The van der Waals surface area contributed by atoms with Crippen LogP contribution in [-0.2, 0) is 4.74 Å². The molecule has 0 saturated carbocycles. The van der Waals surface area contributed by atoms with Crippen LogP contribution in [0.4, 0.5) is 0 Å². The van der Waals surface area contributed by atoms with Crippen LogP contribution in [0.25, 0.3) is 0 Å². The number of morpholine rings is 1. The fourth-order valence-electron chi connectivity index (χ4n) is 1.83. The van der Waals surface area contributed by atoms with Crippen LogP contribution in [0.15, 0.2) is 18.2 Å². The van der Waals surface area contributed by atoms with Gasteiger partial charge >= 0.3 is 0 Å². The molecule has 1 aromatic rings. The Morgan fingerprint density at radius 1 is 1.44 bits per heavy atom. The Morgan fingerprint density at radius 3 is 2.94 bits per heavy atom. The van der Waals surface area contributed by atoms with Gasteiger partial charge in [-0.3, -0.25) is 4.79 Å². The van der Waals surface area contributed by atoms with E-state index >= 15 is 0 Å². The molecule has 3 nitrogen and oxygen atoms in total. The lowest BCUT2D eigenvalue weighted by atomic mass is 10.1. The van der Waals surface area contributed by atoms with Crippen LogP contribution in [0.3, 0.4) is 0 Å². The molecule has 98 valence electrons. The lowest BCUT2D eigenvalue weighted by molar-refractivity contribution is -0.0107. The number of hydrogen-bond acceptors (Lipinski definition) is 2. The third-order valence-corrected chi connectivity index (χ3v) is 3.67. The van der Waals surface area contributed by atoms with Crippen molar-refractivity contribution in [2.45, 2.75) is 6.10 Å². The van der Waals surface area contributed by atoms with Gasteiger partial charge < -0.3 is 9.64 Å². The van der Waals surface area contributed by atoms with E-state index in [1.54, 1.807) is 23.1 Å². The highest BCUT2D eigenvalue weighted by Crippen LogP contribution is 2.23. The summed E-state index contributed by atoms with van der Waals surface area (Å²) in [6.07, 6.45) is -0.123. The van der Waals surface area contributed by atoms with Crippen molar-refractivity contribution in [3.05, 3.63) is 33.8 Å². The first-order valence-electron chi connectivity index (χ1n) is 5.53. The predicted octanol–water partition coefficient (Wildman–Crippen LogP) is 3.07. The Kier molecular flexibility index (Phi) is 4.73. The van der Waals surface area contributed by atoms with Crippen molar-refractivity contribution in [1.29, 1.82) is 0 Å². The molecular formula is C12H12Cl3NO2. The highest BCUT2D eigenvalue weighted by atomic mass is 35.5. The van der Waals surface area contributed by atoms with E-state index in [1.165, 1.54) is 0 Å². The van der Waals surface area contributed by atoms with E-state index in [0.717, 1.165) is 0 Å². The van der Waals surface area contributed by atoms with Gasteiger partial charge in [0.05, 0.1) is 29.2 Å². The molecule has 1 atom stereocenters. The molecule has 0 spiro atoms. The fourth-order valence-corrected chi connectivity index (χ4v) is 2.39.